The van der Waals surface area contributed by atoms with Crippen LogP contribution in [0.15, 0.2) is 30.9 Å². The maximum atomic E-state index is 13.0. The molecule has 1 amide bonds. The first-order chi connectivity index (χ1) is 13.6. The van der Waals surface area contributed by atoms with E-state index in [4.69, 9.17) is 0 Å². The molecule has 3 aromatic heterocycles. The Morgan fingerprint density at radius 2 is 2.04 bits per heavy atom. The van der Waals surface area contributed by atoms with Crippen LogP contribution in [-0.4, -0.2) is 60.8 Å². The number of carbonyl (C=O) groups excluding carboxylic acids is 1. The SMILES string of the molecule is O=C1CCC2CN(c3ccnc(-c4cnc5cnc(C(F)F)cn45)n3)CCN12. The number of imidazole rings is 1. The second kappa shape index (κ2) is 6.47. The average molecular weight is 385 g/mol. The summed E-state index contributed by atoms with van der Waals surface area (Å²) < 4.78 is 27.6. The summed E-state index contributed by atoms with van der Waals surface area (Å²) in [4.78, 5) is 32.8. The molecule has 28 heavy (non-hydrogen) atoms. The molecule has 0 bridgehead atoms. The maximum absolute atomic E-state index is 13.0. The first-order valence-electron chi connectivity index (χ1n) is 9.09. The van der Waals surface area contributed by atoms with Crippen LogP contribution in [0.3, 0.4) is 0 Å². The first kappa shape index (κ1) is 17.0. The summed E-state index contributed by atoms with van der Waals surface area (Å²) in [5.41, 5.74) is 0.646. The summed E-state index contributed by atoms with van der Waals surface area (Å²) in [6, 6.07) is 2.04. The van der Waals surface area contributed by atoms with Gasteiger partial charge in [0.15, 0.2) is 11.5 Å². The van der Waals surface area contributed by atoms with Crippen LogP contribution < -0.4 is 4.90 Å². The molecule has 8 nitrogen and oxygen atoms in total. The third kappa shape index (κ3) is 2.76. The molecule has 2 fully saturated rings. The molecule has 2 aliphatic rings. The van der Waals surface area contributed by atoms with Crippen LogP contribution in [0.1, 0.15) is 25.0 Å². The lowest BCUT2D eigenvalue weighted by Gasteiger charge is -2.38. The van der Waals surface area contributed by atoms with Crippen molar-refractivity contribution in [2.75, 3.05) is 24.5 Å². The van der Waals surface area contributed by atoms with E-state index in [9.17, 15) is 13.6 Å². The number of anilines is 1. The quantitative estimate of drug-likeness (QED) is 0.686. The Hall–Kier alpha value is -3.17. The zero-order valence-electron chi connectivity index (χ0n) is 14.9. The van der Waals surface area contributed by atoms with Gasteiger partial charge in [-0.3, -0.25) is 9.20 Å². The summed E-state index contributed by atoms with van der Waals surface area (Å²) in [7, 11) is 0. The minimum absolute atomic E-state index is 0.218. The van der Waals surface area contributed by atoms with Crippen molar-refractivity contribution in [3.8, 4) is 11.5 Å². The van der Waals surface area contributed by atoms with Gasteiger partial charge in [0, 0.05) is 44.5 Å². The number of alkyl halides is 2. The first-order valence-corrected chi connectivity index (χ1v) is 9.09. The number of nitrogens with zero attached hydrogens (tertiary/aromatic N) is 7. The van der Waals surface area contributed by atoms with Gasteiger partial charge in [0.25, 0.3) is 6.43 Å². The smallest absolute Gasteiger partial charge is 0.281 e. The van der Waals surface area contributed by atoms with Crippen LogP contribution in [0.4, 0.5) is 14.6 Å². The predicted octanol–water partition coefficient (Wildman–Crippen LogP) is 1.93. The molecule has 144 valence electrons. The Balaban J connectivity index is 1.47. The molecule has 3 aromatic rings. The Kier molecular flexibility index (Phi) is 3.92. The normalized spacial score (nSPS) is 19.7. The summed E-state index contributed by atoms with van der Waals surface area (Å²) in [5, 5.41) is 0. The molecule has 0 N–H and O–H groups in total. The van der Waals surface area contributed by atoms with E-state index in [1.54, 1.807) is 12.4 Å². The molecule has 1 atom stereocenters. The van der Waals surface area contributed by atoms with E-state index >= 15 is 0 Å². The fraction of sp³-hybridized carbons (Fsp3) is 0.389. The van der Waals surface area contributed by atoms with Crippen molar-refractivity contribution in [3.63, 3.8) is 0 Å². The van der Waals surface area contributed by atoms with Crippen molar-refractivity contribution in [2.45, 2.75) is 25.3 Å². The summed E-state index contributed by atoms with van der Waals surface area (Å²) in [6.07, 6.45) is 4.58. The number of piperazine rings is 1. The Labute approximate surface area is 158 Å². The fourth-order valence-electron chi connectivity index (χ4n) is 3.90. The van der Waals surface area contributed by atoms with Gasteiger partial charge in [0.2, 0.25) is 5.91 Å². The molecule has 0 aromatic carbocycles. The largest absolute Gasteiger partial charge is 0.353 e. The third-order valence-electron chi connectivity index (χ3n) is 5.33. The molecule has 0 radical (unpaired) electrons. The zero-order valence-corrected chi connectivity index (χ0v) is 14.9. The second-order valence-electron chi connectivity index (χ2n) is 6.95. The highest BCUT2D eigenvalue weighted by atomic mass is 19.3. The number of hydrogen-bond acceptors (Lipinski definition) is 6. The van der Waals surface area contributed by atoms with Gasteiger partial charge >= 0.3 is 0 Å². The van der Waals surface area contributed by atoms with E-state index in [0.29, 0.717) is 36.7 Å². The minimum Gasteiger partial charge on any atom is -0.353 e. The molecule has 1 unspecified atom stereocenters. The standard InChI is InChI=1S/C18H17F2N7O/c19-17(20)12-10-27-13(7-23-15(27)8-22-12)18-21-4-3-14(24-18)25-5-6-26-11(9-25)1-2-16(26)28/h3-4,7-8,10-11,17H,1-2,5-6,9H2. The third-order valence-corrected chi connectivity index (χ3v) is 5.33. The van der Waals surface area contributed by atoms with Crippen LogP contribution in [0.5, 0.6) is 0 Å². The zero-order chi connectivity index (χ0) is 19.3. The summed E-state index contributed by atoms with van der Waals surface area (Å²) >= 11 is 0. The number of hydrogen-bond donors (Lipinski definition) is 0. The van der Waals surface area contributed by atoms with Gasteiger partial charge in [-0.25, -0.2) is 28.7 Å². The Bertz CT molecular complexity index is 1050. The lowest BCUT2D eigenvalue weighted by atomic mass is 10.1. The molecule has 0 spiro atoms. The van der Waals surface area contributed by atoms with Crippen molar-refractivity contribution in [1.29, 1.82) is 0 Å². The van der Waals surface area contributed by atoms with Crippen LogP contribution in [0.25, 0.3) is 17.2 Å². The van der Waals surface area contributed by atoms with Crippen LogP contribution in [0, 0.1) is 0 Å². The van der Waals surface area contributed by atoms with Gasteiger partial charge in [-0.1, -0.05) is 0 Å². The number of aromatic nitrogens is 5. The summed E-state index contributed by atoms with van der Waals surface area (Å²) in [5.74, 6) is 1.38. The predicted molar refractivity (Wildman–Crippen MR) is 95.9 cm³/mol. The van der Waals surface area contributed by atoms with E-state index in [-0.39, 0.29) is 17.6 Å². The van der Waals surface area contributed by atoms with Crippen molar-refractivity contribution in [2.24, 2.45) is 0 Å². The van der Waals surface area contributed by atoms with Crippen molar-refractivity contribution in [3.05, 3.63) is 36.5 Å². The fourth-order valence-corrected chi connectivity index (χ4v) is 3.90. The van der Waals surface area contributed by atoms with Crippen LogP contribution >= 0.6 is 0 Å². The van der Waals surface area contributed by atoms with E-state index in [2.05, 4.69) is 24.8 Å². The van der Waals surface area contributed by atoms with E-state index < -0.39 is 6.43 Å². The highest BCUT2D eigenvalue weighted by molar-refractivity contribution is 5.79. The number of fused-ring (bicyclic) bond motifs is 2. The molecule has 10 heteroatoms. The number of rotatable bonds is 3. The van der Waals surface area contributed by atoms with Gasteiger partial charge in [-0.15, -0.1) is 0 Å². The maximum Gasteiger partial charge on any atom is 0.281 e. The lowest BCUT2D eigenvalue weighted by molar-refractivity contribution is -0.129. The highest BCUT2D eigenvalue weighted by Crippen LogP contribution is 2.27. The van der Waals surface area contributed by atoms with Gasteiger partial charge in [0.05, 0.1) is 12.4 Å². The topological polar surface area (TPSA) is 79.5 Å². The molecule has 5 heterocycles. The van der Waals surface area contributed by atoms with Gasteiger partial charge in [-0.05, 0) is 12.5 Å². The average Bonchev–Trinajstić information content (AvgIpc) is 3.31. The second-order valence-corrected chi connectivity index (χ2v) is 6.95. The number of halogens is 2. The highest BCUT2D eigenvalue weighted by Gasteiger charge is 2.35. The molecule has 0 saturated carbocycles. The molecular formula is C18H17F2N7O. The van der Waals surface area contributed by atoms with Gasteiger partial charge in [0.1, 0.15) is 17.2 Å². The molecule has 5 rings (SSSR count). The van der Waals surface area contributed by atoms with Crippen LogP contribution in [0.2, 0.25) is 0 Å². The van der Waals surface area contributed by atoms with Crippen molar-refractivity contribution < 1.29 is 13.6 Å². The minimum atomic E-state index is -2.67. The Morgan fingerprint density at radius 1 is 1.14 bits per heavy atom. The van der Waals surface area contributed by atoms with Crippen molar-refractivity contribution >= 4 is 17.4 Å². The van der Waals surface area contributed by atoms with Crippen molar-refractivity contribution in [1.82, 2.24) is 29.2 Å². The number of carbonyl (C=O) groups is 1. The van der Waals surface area contributed by atoms with E-state index in [0.717, 1.165) is 18.8 Å². The van der Waals surface area contributed by atoms with Crippen LogP contribution in [-0.2, 0) is 4.79 Å². The molecule has 2 saturated heterocycles. The van der Waals surface area contributed by atoms with Gasteiger partial charge in [-0.2, -0.15) is 0 Å². The molecular weight excluding hydrogens is 368 g/mol. The Morgan fingerprint density at radius 3 is 2.89 bits per heavy atom. The molecule has 0 aliphatic carbocycles. The lowest BCUT2D eigenvalue weighted by Crippen LogP contribution is -2.51. The monoisotopic (exact) mass is 385 g/mol. The number of amides is 1. The van der Waals surface area contributed by atoms with Gasteiger partial charge < -0.3 is 9.80 Å². The van der Waals surface area contributed by atoms with E-state index in [1.165, 1.54) is 16.8 Å². The summed E-state index contributed by atoms with van der Waals surface area (Å²) in [6.45, 7) is 2.11. The van der Waals surface area contributed by atoms with E-state index in [1.807, 2.05) is 11.0 Å². The molecule has 2 aliphatic heterocycles.